The van der Waals surface area contributed by atoms with Crippen LogP contribution < -0.4 is 5.32 Å². The second kappa shape index (κ2) is 6.51. The molecule has 1 N–H and O–H groups in total. The Balaban J connectivity index is 1.82. The van der Waals surface area contributed by atoms with Gasteiger partial charge in [-0.25, -0.2) is 4.39 Å². The van der Waals surface area contributed by atoms with Gasteiger partial charge < -0.3 is 5.32 Å². The van der Waals surface area contributed by atoms with Crippen molar-refractivity contribution in [3.05, 3.63) is 35.6 Å². The normalized spacial score (nSPS) is 17.4. The quantitative estimate of drug-likeness (QED) is 0.825. The Bertz CT molecular complexity index is 426. The van der Waals surface area contributed by atoms with E-state index in [9.17, 15) is 9.18 Å². The molecule has 0 bridgehead atoms. The van der Waals surface area contributed by atoms with Crippen molar-refractivity contribution < 1.29 is 9.18 Å². The van der Waals surface area contributed by atoms with Crippen molar-refractivity contribution >= 4 is 21.8 Å². The number of halogens is 2. The van der Waals surface area contributed by atoms with Crippen LogP contribution in [0.2, 0.25) is 0 Å². The summed E-state index contributed by atoms with van der Waals surface area (Å²) in [7, 11) is 0. The van der Waals surface area contributed by atoms with Crippen LogP contribution in [0.1, 0.15) is 31.2 Å². The maximum atomic E-state index is 12.8. The highest BCUT2D eigenvalue weighted by atomic mass is 79.9. The predicted octanol–water partition coefficient (Wildman–Crippen LogP) is 3.44. The zero-order chi connectivity index (χ0) is 13.7. The summed E-state index contributed by atoms with van der Waals surface area (Å²) in [6.07, 6.45) is 5.17. The molecule has 0 radical (unpaired) electrons. The molecule has 0 aromatic heterocycles. The van der Waals surface area contributed by atoms with Crippen LogP contribution in [0.4, 0.5) is 4.39 Å². The van der Waals surface area contributed by atoms with Crippen LogP contribution in [0, 0.1) is 11.2 Å². The maximum Gasteiger partial charge on any atom is 0.224 e. The van der Waals surface area contributed by atoms with Crippen LogP contribution in [0.25, 0.3) is 0 Å². The first-order chi connectivity index (χ1) is 9.13. The Hall–Kier alpha value is -0.900. The second-order valence-corrected chi connectivity index (χ2v) is 5.98. The zero-order valence-electron chi connectivity index (χ0n) is 10.9. The third kappa shape index (κ3) is 4.03. The Morgan fingerprint density at radius 1 is 1.26 bits per heavy atom. The average Bonchev–Trinajstić information content (AvgIpc) is 2.89. The van der Waals surface area contributed by atoms with Crippen molar-refractivity contribution in [1.82, 2.24) is 5.32 Å². The van der Waals surface area contributed by atoms with Gasteiger partial charge in [-0.05, 0) is 36.0 Å². The molecule has 1 saturated carbocycles. The number of carbonyl (C=O) groups excluding carboxylic acids is 1. The highest BCUT2D eigenvalue weighted by molar-refractivity contribution is 9.09. The summed E-state index contributed by atoms with van der Waals surface area (Å²) in [6, 6.07) is 6.09. The van der Waals surface area contributed by atoms with Crippen LogP contribution in [0.15, 0.2) is 24.3 Å². The summed E-state index contributed by atoms with van der Waals surface area (Å²) >= 11 is 3.57. The van der Waals surface area contributed by atoms with Gasteiger partial charge in [-0.15, -0.1) is 0 Å². The first-order valence-corrected chi connectivity index (χ1v) is 7.83. The van der Waals surface area contributed by atoms with E-state index in [1.54, 1.807) is 12.1 Å². The van der Waals surface area contributed by atoms with Crippen molar-refractivity contribution in [2.75, 3.05) is 11.9 Å². The molecule has 2 rings (SSSR count). The molecule has 2 nitrogen and oxygen atoms in total. The maximum absolute atomic E-state index is 12.8. The monoisotopic (exact) mass is 327 g/mol. The molecular weight excluding hydrogens is 309 g/mol. The van der Waals surface area contributed by atoms with Gasteiger partial charge >= 0.3 is 0 Å². The summed E-state index contributed by atoms with van der Waals surface area (Å²) in [6.45, 7) is 0.734. The topological polar surface area (TPSA) is 29.1 Å². The summed E-state index contributed by atoms with van der Waals surface area (Å²) in [5.41, 5.74) is 1.08. The van der Waals surface area contributed by atoms with Crippen molar-refractivity contribution in [2.45, 2.75) is 32.1 Å². The number of rotatable bonds is 5. The van der Waals surface area contributed by atoms with E-state index >= 15 is 0 Å². The molecule has 0 atom stereocenters. The number of hydrogen-bond donors (Lipinski definition) is 1. The fraction of sp³-hybridized carbons (Fsp3) is 0.533. The number of carbonyl (C=O) groups is 1. The number of nitrogens with one attached hydrogen (secondary N) is 1. The van der Waals surface area contributed by atoms with E-state index in [4.69, 9.17) is 0 Å². The minimum atomic E-state index is -0.270. The van der Waals surface area contributed by atoms with Crippen molar-refractivity contribution in [1.29, 1.82) is 0 Å². The van der Waals surface area contributed by atoms with Crippen LogP contribution in [0.5, 0.6) is 0 Å². The van der Waals surface area contributed by atoms with Gasteiger partial charge in [0, 0.05) is 11.9 Å². The highest BCUT2D eigenvalue weighted by Crippen LogP contribution is 2.38. The summed E-state index contributed by atoms with van der Waals surface area (Å²) in [5, 5.41) is 3.96. The molecule has 19 heavy (non-hydrogen) atoms. The summed E-state index contributed by atoms with van der Waals surface area (Å²) in [4.78, 5) is 11.9. The third-order valence-electron chi connectivity index (χ3n) is 3.89. The molecule has 0 saturated heterocycles. The molecule has 1 aliphatic rings. The largest absolute Gasteiger partial charge is 0.355 e. The number of alkyl halides is 1. The van der Waals surface area contributed by atoms with Gasteiger partial charge in [0.05, 0.1) is 6.42 Å². The smallest absolute Gasteiger partial charge is 0.224 e. The van der Waals surface area contributed by atoms with Gasteiger partial charge in [0.1, 0.15) is 5.82 Å². The molecule has 0 aliphatic heterocycles. The van der Waals surface area contributed by atoms with Crippen LogP contribution in [-0.4, -0.2) is 17.8 Å². The lowest BCUT2D eigenvalue weighted by atomic mass is 9.89. The zero-order valence-corrected chi connectivity index (χ0v) is 12.5. The van der Waals surface area contributed by atoms with Crippen molar-refractivity contribution in [2.24, 2.45) is 5.41 Å². The lowest BCUT2D eigenvalue weighted by Crippen LogP contribution is -2.37. The number of hydrogen-bond acceptors (Lipinski definition) is 1. The van der Waals surface area contributed by atoms with E-state index in [-0.39, 0.29) is 17.1 Å². The Labute approximate surface area is 121 Å². The molecule has 0 heterocycles. The first-order valence-electron chi connectivity index (χ1n) is 6.71. The molecule has 4 heteroatoms. The van der Waals surface area contributed by atoms with Gasteiger partial charge in [-0.2, -0.15) is 0 Å². The molecule has 0 spiro atoms. The molecule has 1 fully saturated rings. The third-order valence-corrected chi connectivity index (χ3v) is 5.08. The summed E-state index contributed by atoms with van der Waals surface area (Å²) < 4.78 is 12.8. The Kier molecular flexibility index (Phi) is 4.97. The molecule has 1 aromatic carbocycles. The van der Waals surface area contributed by atoms with Crippen LogP contribution in [-0.2, 0) is 11.2 Å². The molecular formula is C15H19BrFNO. The molecule has 104 valence electrons. The van der Waals surface area contributed by atoms with E-state index in [0.717, 1.165) is 17.4 Å². The van der Waals surface area contributed by atoms with E-state index < -0.39 is 0 Å². The fourth-order valence-corrected chi connectivity index (χ4v) is 3.38. The standard InChI is InChI=1S/C15H19BrFNO/c16-10-15(7-1-2-8-15)11-18-14(19)9-12-3-5-13(17)6-4-12/h3-6H,1-2,7-11H2,(H,18,19). The van der Waals surface area contributed by atoms with Gasteiger partial charge in [0.25, 0.3) is 0 Å². The molecule has 1 amide bonds. The predicted molar refractivity (Wildman–Crippen MR) is 77.8 cm³/mol. The SMILES string of the molecule is O=C(Cc1ccc(F)cc1)NCC1(CBr)CCCC1. The fourth-order valence-electron chi connectivity index (χ4n) is 2.62. The summed E-state index contributed by atoms with van der Waals surface area (Å²) in [5.74, 6) is -0.257. The van der Waals surface area contributed by atoms with E-state index in [1.807, 2.05) is 0 Å². The lowest BCUT2D eigenvalue weighted by Gasteiger charge is -2.26. The van der Waals surface area contributed by atoms with Gasteiger partial charge in [0.15, 0.2) is 0 Å². The van der Waals surface area contributed by atoms with Crippen LogP contribution in [0.3, 0.4) is 0 Å². The first kappa shape index (κ1) is 14.5. The lowest BCUT2D eigenvalue weighted by molar-refractivity contribution is -0.120. The number of benzene rings is 1. The molecule has 1 aliphatic carbocycles. The highest BCUT2D eigenvalue weighted by Gasteiger charge is 2.32. The van der Waals surface area contributed by atoms with Gasteiger partial charge in [-0.3, -0.25) is 4.79 Å². The average molecular weight is 328 g/mol. The van der Waals surface area contributed by atoms with E-state index in [0.29, 0.717) is 6.42 Å². The van der Waals surface area contributed by atoms with Crippen molar-refractivity contribution in [3.63, 3.8) is 0 Å². The minimum Gasteiger partial charge on any atom is -0.355 e. The van der Waals surface area contributed by atoms with Crippen LogP contribution >= 0.6 is 15.9 Å². The van der Waals surface area contributed by atoms with Gasteiger partial charge in [0.2, 0.25) is 5.91 Å². The van der Waals surface area contributed by atoms with E-state index in [1.165, 1.54) is 37.8 Å². The molecule has 0 unspecified atom stereocenters. The van der Waals surface area contributed by atoms with E-state index in [2.05, 4.69) is 21.2 Å². The van der Waals surface area contributed by atoms with Crippen molar-refractivity contribution in [3.8, 4) is 0 Å². The Morgan fingerprint density at radius 3 is 2.47 bits per heavy atom. The second-order valence-electron chi connectivity index (χ2n) is 5.42. The van der Waals surface area contributed by atoms with Gasteiger partial charge in [-0.1, -0.05) is 40.9 Å². The molecule has 1 aromatic rings. The number of amides is 1. The Morgan fingerprint density at radius 2 is 1.89 bits per heavy atom. The minimum absolute atomic E-state index is 0.0128.